The van der Waals surface area contributed by atoms with Crippen LogP contribution in [0.15, 0.2) is 0 Å². The summed E-state index contributed by atoms with van der Waals surface area (Å²) in [6.45, 7) is 13.0. The first-order valence-electron chi connectivity index (χ1n) is 8.41. The van der Waals surface area contributed by atoms with Gasteiger partial charge < -0.3 is 25.4 Å². The van der Waals surface area contributed by atoms with Crippen LogP contribution in [-0.2, 0) is 14.3 Å². The highest BCUT2D eigenvalue weighted by molar-refractivity contribution is 7.17. The van der Waals surface area contributed by atoms with Crippen LogP contribution in [0.3, 0.4) is 0 Å². The minimum atomic E-state index is -0.306. The summed E-state index contributed by atoms with van der Waals surface area (Å²) in [5, 5.41) is 9.27. The van der Waals surface area contributed by atoms with Crippen LogP contribution in [-0.4, -0.2) is 70.2 Å². The Hall–Kier alpha value is -0.260. The second kappa shape index (κ2) is 13.1. The highest BCUT2D eigenvalue weighted by Crippen LogP contribution is 2.21. The third kappa shape index (κ3) is 11.8. The molecule has 2 atom stereocenters. The molecule has 0 rings (SSSR count). The second-order valence-corrected chi connectivity index (χ2v) is 7.23. The molecule has 0 heterocycles. The van der Waals surface area contributed by atoms with Gasteiger partial charge >= 0.3 is 0 Å². The Morgan fingerprint density at radius 3 is 2.35 bits per heavy atom. The van der Waals surface area contributed by atoms with Crippen molar-refractivity contribution in [3.05, 3.63) is 0 Å². The third-order valence-electron chi connectivity index (χ3n) is 3.59. The van der Waals surface area contributed by atoms with Gasteiger partial charge in [-0.1, -0.05) is 13.8 Å². The lowest BCUT2D eigenvalue weighted by molar-refractivity contribution is -0.124. The highest BCUT2D eigenvalue weighted by Gasteiger charge is 2.27. The summed E-state index contributed by atoms with van der Waals surface area (Å²) >= 11 is 0. The van der Waals surface area contributed by atoms with Crippen molar-refractivity contribution in [3.8, 4) is 0 Å². The summed E-state index contributed by atoms with van der Waals surface area (Å²) in [6.07, 6.45) is 0. The van der Waals surface area contributed by atoms with E-state index in [1.165, 1.54) is 0 Å². The van der Waals surface area contributed by atoms with Gasteiger partial charge in [-0.25, -0.2) is 0 Å². The van der Waals surface area contributed by atoms with Crippen LogP contribution in [0.2, 0.25) is 0 Å². The molecule has 6 nitrogen and oxygen atoms in total. The predicted molar refractivity (Wildman–Crippen MR) is 99.0 cm³/mol. The number of hydrogen-bond donors (Lipinski definition) is 3. The van der Waals surface area contributed by atoms with Crippen molar-refractivity contribution in [3.63, 3.8) is 0 Å². The molecule has 0 spiro atoms. The molecule has 7 heteroatoms. The van der Waals surface area contributed by atoms with Gasteiger partial charge in [0, 0.05) is 37.8 Å². The van der Waals surface area contributed by atoms with Crippen LogP contribution in [0.1, 0.15) is 27.7 Å². The lowest BCUT2D eigenvalue weighted by atomic mass is 10.0. The molecule has 0 fully saturated rings. The van der Waals surface area contributed by atoms with E-state index >= 15 is 0 Å². The van der Waals surface area contributed by atoms with Crippen molar-refractivity contribution >= 4 is 15.1 Å². The summed E-state index contributed by atoms with van der Waals surface area (Å²) < 4.78 is 11.4. The van der Waals surface area contributed by atoms with E-state index in [-0.39, 0.29) is 23.1 Å². The van der Waals surface area contributed by atoms with Gasteiger partial charge in [0.05, 0.1) is 25.4 Å². The minimum absolute atomic E-state index is 0.00996. The summed E-state index contributed by atoms with van der Waals surface area (Å²) in [6, 6.07) is 0. The van der Waals surface area contributed by atoms with E-state index in [2.05, 4.69) is 25.2 Å². The van der Waals surface area contributed by atoms with Gasteiger partial charge in [-0.3, -0.25) is 4.79 Å². The van der Waals surface area contributed by atoms with E-state index in [1.807, 2.05) is 34.7 Å². The smallest absolute Gasteiger partial charge is 0.222 e. The van der Waals surface area contributed by atoms with Crippen LogP contribution >= 0.6 is 9.24 Å². The van der Waals surface area contributed by atoms with E-state index < -0.39 is 0 Å². The Bertz CT molecular complexity index is 315. The molecule has 1 amide bonds. The van der Waals surface area contributed by atoms with Crippen LogP contribution in [0.5, 0.6) is 0 Å². The first-order valence-corrected chi connectivity index (χ1v) is 9.08. The third-order valence-corrected chi connectivity index (χ3v) is 4.62. The van der Waals surface area contributed by atoms with Crippen LogP contribution < -0.4 is 16.0 Å². The lowest BCUT2D eigenvalue weighted by Gasteiger charge is -2.32. The van der Waals surface area contributed by atoms with E-state index in [0.29, 0.717) is 19.8 Å². The zero-order chi connectivity index (χ0) is 17.7. The molecule has 0 aromatic heterocycles. The van der Waals surface area contributed by atoms with Gasteiger partial charge in [-0.15, -0.1) is 9.24 Å². The molecule has 0 aromatic rings. The van der Waals surface area contributed by atoms with Gasteiger partial charge in [0.2, 0.25) is 5.91 Å². The Morgan fingerprint density at radius 1 is 1.13 bits per heavy atom. The molecule has 0 radical (unpaired) electrons. The average Bonchev–Trinajstić information content (AvgIpc) is 2.50. The van der Waals surface area contributed by atoms with Crippen LogP contribution in [0.25, 0.3) is 0 Å². The quantitative estimate of drug-likeness (QED) is 0.317. The summed E-state index contributed by atoms with van der Waals surface area (Å²) in [5.41, 5.74) is -0.144. The molecule has 3 N–H and O–H groups in total. The number of carbonyl (C=O) groups excluding carboxylic acids is 1. The van der Waals surface area contributed by atoms with E-state index in [4.69, 9.17) is 9.47 Å². The standard InChI is InChI=1S/C16H36N3O3P/c1-13(2)15(20)19-12-14(23)16(3,4)22-11-8-18-7-10-21-9-6-17-5/h13-14,17-18H,6-12,23H2,1-5H3,(H,19,20). The van der Waals surface area contributed by atoms with Crippen molar-refractivity contribution < 1.29 is 14.3 Å². The minimum Gasteiger partial charge on any atom is -0.379 e. The van der Waals surface area contributed by atoms with E-state index in [9.17, 15) is 4.79 Å². The predicted octanol–water partition coefficient (Wildman–Crippen LogP) is 0.623. The van der Waals surface area contributed by atoms with E-state index in [0.717, 1.165) is 26.2 Å². The number of rotatable bonds is 14. The number of ether oxygens (including phenoxy) is 2. The molecule has 0 aliphatic heterocycles. The maximum absolute atomic E-state index is 11.6. The van der Waals surface area contributed by atoms with Gasteiger partial charge in [-0.05, 0) is 20.9 Å². The van der Waals surface area contributed by atoms with Crippen molar-refractivity contribution in [1.29, 1.82) is 0 Å². The number of likely N-dealkylation sites (N-methyl/N-ethyl adjacent to an activating group) is 1. The average molecular weight is 349 g/mol. The Morgan fingerprint density at radius 2 is 1.74 bits per heavy atom. The van der Waals surface area contributed by atoms with Crippen LogP contribution in [0, 0.1) is 5.92 Å². The Kier molecular flexibility index (Phi) is 12.9. The number of amides is 1. The molecule has 0 aliphatic rings. The molecule has 138 valence electrons. The first kappa shape index (κ1) is 22.7. The normalized spacial score (nSPS) is 13.3. The fraction of sp³-hybridized carbons (Fsp3) is 0.938. The fourth-order valence-electron chi connectivity index (χ4n) is 1.70. The molecular formula is C16H36N3O3P. The van der Waals surface area contributed by atoms with Gasteiger partial charge in [0.25, 0.3) is 0 Å². The SMILES string of the molecule is CNCCOCCNCCOC(C)(C)C(P)CNC(=O)C(C)C. The van der Waals surface area contributed by atoms with Gasteiger partial charge in [-0.2, -0.15) is 0 Å². The summed E-state index contributed by atoms with van der Waals surface area (Å²) in [4.78, 5) is 11.6. The zero-order valence-electron chi connectivity index (χ0n) is 15.4. The fourth-order valence-corrected chi connectivity index (χ4v) is 1.91. The molecule has 0 saturated carbocycles. The van der Waals surface area contributed by atoms with Crippen molar-refractivity contribution in [2.75, 3.05) is 53.0 Å². The summed E-state index contributed by atoms with van der Waals surface area (Å²) in [7, 11) is 4.68. The number of carbonyl (C=O) groups is 1. The van der Waals surface area contributed by atoms with Crippen molar-refractivity contribution in [1.82, 2.24) is 16.0 Å². The number of hydrogen-bond acceptors (Lipinski definition) is 5. The van der Waals surface area contributed by atoms with Crippen molar-refractivity contribution in [2.24, 2.45) is 5.92 Å². The highest BCUT2D eigenvalue weighted by atomic mass is 31.0. The topological polar surface area (TPSA) is 71.6 Å². The first-order chi connectivity index (χ1) is 10.8. The molecule has 23 heavy (non-hydrogen) atoms. The molecule has 0 aromatic carbocycles. The van der Waals surface area contributed by atoms with E-state index in [1.54, 1.807) is 0 Å². The monoisotopic (exact) mass is 349 g/mol. The van der Waals surface area contributed by atoms with Gasteiger partial charge in [0.15, 0.2) is 0 Å². The number of nitrogens with one attached hydrogen (secondary N) is 3. The second-order valence-electron chi connectivity index (χ2n) is 6.42. The van der Waals surface area contributed by atoms with Crippen molar-refractivity contribution in [2.45, 2.75) is 39.0 Å². The lowest BCUT2D eigenvalue weighted by Crippen LogP contribution is -2.44. The Balaban J connectivity index is 3.71. The molecule has 0 saturated heterocycles. The molecule has 0 bridgehead atoms. The maximum Gasteiger partial charge on any atom is 0.222 e. The van der Waals surface area contributed by atoms with Crippen LogP contribution in [0.4, 0.5) is 0 Å². The van der Waals surface area contributed by atoms with Gasteiger partial charge in [0.1, 0.15) is 0 Å². The summed E-state index contributed by atoms with van der Waals surface area (Å²) in [5.74, 6) is 0.0870. The molecule has 2 unspecified atom stereocenters. The zero-order valence-corrected chi connectivity index (χ0v) is 16.6. The largest absolute Gasteiger partial charge is 0.379 e. The molecule has 0 aliphatic carbocycles. The maximum atomic E-state index is 11.6. The Labute approximate surface area is 144 Å². The molecular weight excluding hydrogens is 313 g/mol.